The first-order valence-corrected chi connectivity index (χ1v) is 8.55. The molecule has 0 spiro atoms. The first-order chi connectivity index (χ1) is 9.90. The predicted octanol–water partition coefficient (Wildman–Crippen LogP) is 2.02. The van der Waals surface area contributed by atoms with Crippen molar-refractivity contribution >= 4 is 38.9 Å². The van der Waals surface area contributed by atoms with E-state index in [4.69, 9.17) is 16.7 Å². The molecular formula is C12H11ClN2O4S2. The minimum absolute atomic E-state index is 0.154. The number of benzene rings is 1. The van der Waals surface area contributed by atoms with E-state index in [2.05, 4.69) is 9.71 Å². The van der Waals surface area contributed by atoms with E-state index in [-0.39, 0.29) is 10.8 Å². The molecule has 1 heterocycles. The normalized spacial score (nSPS) is 11.5. The summed E-state index contributed by atoms with van der Waals surface area (Å²) in [6.07, 6.45) is 0.470. The average Bonchev–Trinajstić information content (AvgIpc) is 2.91. The zero-order valence-corrected chi connectivity index (χ0v) is 13.0. The van der Waals surface area contributed by atoms with Crippen LogP contribution in [-0.2, 0) is 16.4 Å². The Labute approximate surface area is 130 Å². The molecule has 0 bridgehead atoms. The number of carboxylic acid groups (broad SMARTS) is 1. The molecule has 9 heteroatoms. The highest BCUT2D eigenvalue weighted by atomic mass is 35.5. The van der Waals surface area contributed by atoms with E-state index in [1.165, 1.54) is 5.51 Å². The number of carbonyl (C=O) groups is 1. The number of hydrogen-bond donors (Lipinski definition) is 2. The molecule has 0 saturated heterocycles. The van der Waals surface area contributed by atoms with Gasteiger partial charge in [0.15, 0.2) is 9.90 Å². The minimum atomic E-state index is -3.87. The molecule has 0 aliphatic rings. The number of carboxylic acids is 1. The summed E-state index contributed by atoms with van der Waals surface area (Å²) in [5, 5.41) is 9.49. The van der Waals surface area contributed by atoms with Crippen LogP contribution < -0.4 is 4.72 Å². The second-order valence-electron chi connectivity index (χ2n) is 4.07. The van der Waals surface area contributed by atoms with Crippen LogP contribution in [0.15, 0.2) is 34.0 Å². The van der Waals surface area contributed by atoms with Gasteiger partial charge in [0.25, 0.3) is 10.0 Å². The highest BCUT2D eigenvalue weighted by Gasteiger charge is 2.25. The summed E-state index contributed by atoms with van der Waals surface area (Å²) in [5.74, 6) is -1.37. The van der Waals surface area contributed by atoms with Crippen molar-refractivity contribution < 1.29 is 18.3 Å². The number of nitrogens with one attached hydrogen (secondary N) is 1. The predicted molar refractivity (Wildman–Crippen MR) is 79.4 cm³/mol. The number of nitrogens with zero attached hydrogens (tertiary/aromatic N) is 1. The molecule has 112 valence electrons. The number of aromatic carboxylic acids is 1. The molecule has 2 aromatic rings. The van der Waals surface area contributed by atoms with Crippen molar-refractivity contribution in [3.05, 3.63) is 46.1 Å². The van der Waals surface area contributed by atoms with Crippen molar-refractivity contribution in [1.82, 2.24) is 9.71 Å². The van der Waals surface area contributed by atoms with Crippen molar-refractivity contribution in [3.8, 4) is 0 Å². The van der Waals surface area contributed by atoms with Gasteiger partial charge in [0.05, 0.1) is 5.51 Å². The summed E-state index contributed by atoms with van der Waals surface area (Å²) in [5.41, 5.74) is 1.65. The standard InChI is InChI=1S/C12H11ClN2O4S2/c13-9-3-1-8(2-4-9)5-6-15-21(18,19)12-10(11(16)17)14-7-20-12/h1-4,7,15H,5-6H2,(H,16,17). The summed E-state index contributed by atoms with van der Waals surface area (Å²) in [6, 6.07) is 7.03. The fraction of sp³-hybridized carbons (Fsp3) is 0.167. The molecule has 21 heavy (non-hydrogen) atoms. The van der Waals surface area contributed by atoms with Gasteiger partial charge in [-0.2, -0.15) is 0 Å². The van der Waals surface area contributed by atoms with E-state index in [9.17, 15) is 13.2 Å². The van der Waals surface area contributed by atoms with Gasteiger partial charge in [0.2, 0.25) is 0 Å². The molecule has 0 amide bonds. The van der Waals surface area contributed by atoms with Crippen LogP contribution in [0, 0.1) is 0 Å². The van der Waals surface area contributed by atoms with E-state index in [1.54, 1.807) is 24.3 Å². The van der Waals surface area contributed by atoms with Gasteiger partial charge in [0.1, 0.15) is 0 Å². The molecule has 0 aliphatic heterocycles. The maximum Gasteiger partial charge on any atom is 0.356 e. The summed E-state index contributed by atoms with van der Waals surface area (Å²) < 4.78 is 26.2. The molecule has 6 nitrogen and oxygen atoms in total. The van der Waals surface area contributed by atoms with Crippen LogP contribution in [0.5, 0.6) is 0 Å². The van der Waals surface area contributed by atoms with Crippen molar-refractivity contribution in [1.29, 1.82) is 0 Å². The van der Waals surface area contributed by atoms with Gasteiger partial charge in [-0.25, -0.2) is 22.9 Å². The maximum absolute atomic E-state index is 12.0. The lowest BCUT2D eigenvalue weighted by atomic mass is 10.2. The number of halogens is 1. The SMILES string of the molecule is O=C(O)c1ncsc1S(=O)(=O)NCCc1ccc(Cl)cc1. The van der Waals surface area contributed by atoms with Crippen LogP contribution >= 0.6 is 22.9 Å². The lowest BCUT2D eigenvalue weighted by molar-refractivity contribution is 0.0687. The Morgan fingerprint density at radius 2 is 2.00 bits per heavy atom. The average molecular weight is 347 g/mol. The van der Waals surface area contributed by atoms with Gasteiger partial charge in [-0.1, -0.05) is 23.7 Å². The lowest BCUT2D eigenvalue weighted by Crippen LogP contribution is -2.26. The monoisotopic (exact) mass is 346 g/mol. The number of aromatic nitrogens is 1. The molecule has 0 radical (unpaired) electrons. The summed E-state index contributed by atoms with van der Waals surface area (Å²) in [6.45, 7) is 0.154. The van der Waals surface area contributed by atoms with Crippen molar-refractivity contribution in [3.63, 3.8) is 0 Å². The molecule has 0 aliphatic carbocycles. The maximum atomic E-state index is 12.0. The first kappa shape index (κ1) is 15.9. The van der Waals surface area contributed by atoms with Crippen LogP contribution in [0.4, 0.5) is 0 Å². The van der Waals surface area contributed by atoms with Crippen LogP contribution in [0.3, 0.4) is 0 Å². The molecular weight excluding hydrogens is 336 g/mol. The van der Waals surface area contributed by atoms with Crippen LogP contribution in [0.1, 0.15) is 16.1 Å². The number of rotatable bonds is 6. The van der Waals surface area contributed by atoms with E-state index < -0.39 is 21.7 Å². The summed E-state index contributed by atoms with van der Waals surface area (Å²) in [7, 11) is -3.87. The van der Waals surface area contributed by atoms with E-state index in [0.717, 1.165) is 16.9 Å². The van der Waals surface area contributed by atoms with Gasteiger partial charge < -0.3 is 5.11 Å². The van der Waals surface area contributed by atoms with Crippen molar-refractivity contribution in [2.75, 3.05) is 6.54 Å². The largest absolute Gasteiger partial charge is 0.476 e. The highest BCUT2D eigenvalue weighted by Crippen LogP contribution is 2.19. The Balaban J connectivity index is 2.03. The van der Waals surface area contributed by atoms with Gasteiger partial charge in [0, 0.05) is 11.6 Å². The molecule has 1 aromatic carbocycles. The zero-order valence-electron chi connectivity index (χ0n) is 10.6. The Bertz CT molecular complexity index is 741. The highest BCUT2D eigenvalue weighted by molar-refractivity contribution is 7.91. The van der Waals surface area contributed by atoms with Gasteiger partial charge in [-0.15, -0.1) is 11.3 Å². The van der Waals surface area contributed by atoms with Gasteiger partial charge >= 0.3 is 5.97 Å². The Hall–Kier alpha value is -1.48. The third kappa shape index (κ3) is 4.01. The van der Waals surface area contributed by atoms with Crippen LogP contribution in [0.25, 0.3) is 0 Å². The molecule has 0 fully saturated rings. The second kappa shape index (κ2) is 6.52. The fourth-order valence-electron chi connectivity index (χ4n) is 1.61. The number of sulfonamides is 1. The number of hydrogen-bond acceptors (Lipinski definition) is 5. The smallest absolute Gasteiger partial charge is 0.356 e. The topological polar surface area (TPSA) is 96.4 Å². The quantitative estimate of drug-likeness (QED) is 0.834. The molecule has 0 atom stereocenters. The fourth-order valence-corrected chi connectivity index (χ4v) is 3.96. The Morgan fingerprint density at radius 3 is 2.62 bits per heavy atom. The van der Waals surface area contributed by atoms with Crippen molar-refractivity contribution in [2.45, 2.75) is 10.6 Å². The zero-order chi connectivity index (χ0) is 15.5. The summed E-state index contributed by atoms with van der Waals surface area (Å²) in [4.78, 5) is 14.4. The lowest BCUT2D eigenvalue weighted by Gasteiger charge is -2.05. The van der Waals surface area contributed by atoms with Crippen LogP contribution in [-0.4, -0.2) is 31.0 Å². The molecule has 2 N–H and O–H groups in total. The van der Waals surface area contributed by atoms with Crippen molar-refractivity contribution in [2.24, 2.45) is 0 Å². The first-order valence-electron chi connectivity index (χ1n) is 5.81. The second-order valence-corrected chi connectivity index (χ2v) is 7.32. The van der Waals surface area contributed by atoms with Gasteiger partial charge in [-0.3, -0.25) is 0 Å². The van der Waals surface area contributed by atoms with Gasteiger partial charge in [-0.05, 0) is 24.1 Å². The Kier molecular flexibility index (Phi) is 4.94. The third-order valence-electron chi connectivity index (χ3n) is 2.60. The molecule has 0 saturated carbocycles. The molecule has 0 unspecified atom stereocenters. The minimum Gasteiger partial charge on any atom is -0.476 e. The summed E-state index contributed by atoms with van der Waals surface area (Å²) >= 11 is 6.53. The molecule has 2 rings (SSSR count). The van der Waals surface area contributed by atoms with Crippen LogP contribution in [0.2, 0.25) is 5.02 Å². The van der Waals surface area contributed by atoms with E-state index >= 15 is 0 Å². The third-order valence-corrected chi connectivity index (χ3v) is 5.68. The number of thiazole rings is 1. The molecule has 1 aromatic heterocycles. The van der Waals surface area contributed by atoms with E-state index in [0.29, 0.717) is 11.4 Å². The van der Waals surface area contributed by atoms with E-state index in [1.807, 2.05) is 0 Å². The Morgan fingerprint density at radius 1 is 1.33 bits per heavy atom.